The molecular weight excluding hydrogens is 310 g/mol. The number of nitrogens with one attached hydrogen (secondary N) is 1. The number of hydrogen-bond donors (Lipinski definition) is 1. The van der Waals surface area contributed by atoms with Crippen LogP contribution in [-0.4, -0.2) is 29.3 Å². The first-order chi connectivity index (χ1) is 12.3. The Hall–Kier alpha value is -3.14. The predicted octanol–water partition coefficient (Wildman–Crippen LogP) is 4.12. The van der Waals surface area contributed by atoms with E-state index in [1.165, 1.54) is 10.9 Å². The number of aromatic nitrogens is 2. The first kappa shape index (κ1) is 14.2. The molecule has 0 spiro atoms. The lowest BCUT2D eigenvalue weighted by Gasteiger charge is -2.14. The predicted molar refractivity (Wildman–Crippen MR) is 101 cm³/mol. The van der Waals surface area contributed by atoms with Crippen LogP contribution in [-0.2, 0) is 6.42 Å². The molecule has 4 heteroatoms. The second-order valence-electron chi connectivity index (χ2n) is 6.29. The summed E-state index contributed by atoms with van der Waals surface area (Å²) in [6.45, 7) is 0.800. The molecule has 0 amide bonds. The van der Waals surface area contributed by atoms with Gasteiger partial charge in [0.1, 0.15) is 5.75 Å². The number of pyridine rings is 1. The maximum atomic E-state index is 5.35. The van der Waals surface area contributed by atoms with Gasteiger partial charge >= 0.3 is 0 Å². The van der Waals surface area contributed by atoms with Crippen LogP contribution >= 0.6 is 0 Å². The van der Waals surface area contributed by atoms with Crippen molar-refractivity contribution < 1.29 is 4.74 Å². The molecule has 2 aromatic carbocycles. The van der Waals surface area contributed by atoms with Crippen molar-refractivity contribution in [2.45, 2.75) is 6.42 Å². The van der Waals surface area contributed by atoms with Gasteiger partial charge in [-0.25, -0.2) is 0 Å². The zero-order valence-electron chi connectivity index (χ0n) is 13.9. The first-order valence-electron chi connectivity index (χ1n) is 8.42. The summed E-state index contributed by atoms with van der Waals surface area (Å²) in [6.07, 6.45) is 2.87. The SMILES string of the molecule is COc1ccc2c3c([nH]c2c1)C(c1cnc2ccccc2c1)=NCC3. The standard InChI is InChI=1S/C21H17N3O/c1-25-15-6-7-16-17-8-9-22-20(21(17)24-19(16)11-15)14-10-13-4-2-3-5-18(13)23-12-14/h2-7,10-12,24H,8-9H2,1H3. The molecule has 0 radical (unpaired) electrons. The fraction of sp³-hybridized carbons (Fsp3) is 0.143. The van der Waals surface area contributed by atoms with Crippen molar-refractivity contribution in [1.29, 1.82) is 0 Å². The van der Waals surface area contributed by atoms with Crippen LogP contribution in [0, 0.1) is 0 Å². The summed E-state index contributed by atoms with van der Waals surface area (Å²) in [4.78, 5) is 12.9. The Morgan fingerprint density at radius 1 is 1.08 bits per heavy atom. The third-order valence-corrected chi connectivity index (χ3v) is 4.85. The summed E-state index contributed by atoms with van der Waals surface area (Å²) in [7, 11) is 1.69. The van der Waals surface area contributed by atoms with Crippen LogP contribution < -0.4 is 4.74 Å². The highest BCUT2D eigenvalue weighted by molar-refractivity contribution is 6.16. The maximum absolute atomic E-state index is 5.35. The Kier molecular flexibility index (Phi) is 3.10. The highest BCUT2D eigenvalue weighted by atomic mass is 16.5. The van der Waals surface area contributed by atoms with Crippen LogP contribution in [0.5, 0.6) is 5.75 Å². The Bertz CT molecular complexity index is 1140. The lowest BCUT2D eigenvalue weighted by Crippen LogP contribution is -2.13. The number of rotatable bonds is 2. The molecule has 1 N–H and O–H groups in total. The summed E-state index contributed by atoms with van der Waals surface area (Å²) in [6, 6.07) is 16.5. The van der Waals surface area contributed by atoms with E-state index in [-0.39, 0.29) is 0 Å². The molecule has 2 aromatic heterocycles. The molecule has 0 aliphatic carbocycles. The lowest BCUT2D eigenvalue weighted by atomic mass is 9.98. The number of fused-ring (bicyclic) bond motifs is 4. The van der Waals surface area contributed by atoms with Crippen LogP contribution in [0.1, 0.15) is 16.8 Å². The smallest absolute Gasteiger partial charge is 0.120 e. The molecule has 122 valence electrons. The van der Waals surface area contributed by atoms with Crippen molar-refractivity contribution >= 4 is 27.5 Å². The topological polar surface area (TPSA) is 50.3 Å². The van der Waals surface area contributed by atoms with E-state index in [9.17, 15) is 0 Å². The largest absolute Gasteiger partial charge is 0.497 e. The lowest BCUT2D eigenvalue weighted by molar-refractivity contribution is 0.415. The fourth-order valence-corrected chi connectivity index (χ4v) is 3.62. The molecule has 1 aliphatic heterocycles. The van der Waals surface area contributed by atoms with Gasteiger partial charge in [0.25, 0.3) is 0 Å². The molecule has 5 rings (SSSR count). The highest BCUT2D eigenvalue weighted by Gasteiger charge is 2.21. The average Bonchev–Trinajstić information content (AvgIpc) is 3.05. The minimum absolute atomic E-state index is 0.800. The van der Waals surface area contributed by atoms with E-state index in [2.05, 4.69) is 28.2 Å². The number of H-pyrrole nitrogens is 1. The Labute approximate surface area is 145 Å². The van der Waals surface area contributed by atoms with Crippen LogP contribution in [0.25, 0.3) is 21.8 Å². The number of para-hydroxylation sites is 1. The van der Waals surface area contributed by atoms with Gasteiger partial charge < -0.3 is 9.72 Å². The van der Waals surface area contributed by atoms with Crippen LogP contribution in [0.2, 0.25) is 0 Å². The van der Waals surface area contributed by atoms with E-state index in [4.69, 9.17) is 9.73 Å². The van der Waals surface area contributed by atoms with E-state index < -0.39 is 0 Å². The summed E-state index contributed by atoms with van der Waals surface area (Å²) >= 11 is 0. The van der Waals surface area contributed by atoms with Crippen molar-refractivity contribution in [3.63, 3.8) is 0 Å². The average molecular weight is 327 g/mol. The van der Waals surface area contributed by atoms with Crippen molar-refractivity contribution in [2.75, 3.05) is 13.7 Å². The number of aliphatic imine (C=N–C) groups is 1. The molecular formula is C21H17N3O. The third-order valence-electron chi connectivity index (χ3n) is 4.85. The summed E-state index contributed by atoms with van der Waals surface area (Å²) in [5.41, 5.74) is 6.58. The Morgan fingerprint density at radius 2 is 2.00 bits per heavy atom. The molecule has 4 nitrogen and oxygen atoms in total. The summed E-state index contributed by atoms with van der Waals surface area (Å²) in [5, 5.41) is 2.38. The number of ether oxygens (including phenoxy) is 1. The zero-order chi connectivity index (χ0) is 16.8. The van der Waals surface area contributed by atoms with Crippen molar-refractivity contribution in [3.05, 3.63) is 71.5 Å². The van der Waals surface area contributed by atoms with Gasteiger partial charge in [-0.15, -0.1) is 0 Å². The van der Waals surface area contributed by atoms with Gasteiger partial charge in [-0.3, -0.25) is 9.98 Å². The van der Waals surface area contributed by atoms with E-state index in [0.29, 0.717) is 0 Å². The van der Waals surface area contributed by atoms with Crippen LogP contribution in [0.15, 0.2) is 59.7 Å². The van der Waals surface area contributed by atoms with Gasteiger partial charge in [-0.2, -0.15) is 0 Å². The Morgan fingerprint density at radius 3 is 2.92 bits per heavy atom. The van der Waals surface area contributed by atoms with Gasteiger partial charge in [0.15, 0.2) is 0 Å². The molecule has 4 aromatic rings. The molecule has 0 unspecified atom stereocenters. The molecule has 0 atom stereocenters. The number of aromatic amines is 1. The minimum Gasteiger partial charge on any atom is -0.497 e. The summed E-state index contributed by atoms with van der Waals surface area (Å²) < 4.78 is 5.35. The quantitative estimate of drug-likeness (QED) is 0.602. The molecule has 0 bridgehead atoms. The van der Waals surface area contributed by atoms with Gasteiger partial charge in [-0.05, 0) is 36.2 Å². The van der Waals surface area contributed by atoms with Gasteiger partial charge in [0.05, 0.1) is 24.0 Å². The highest BCUT2D eigenvalue weighted by Crippen LogP contribution is 2.30. The van der Waals surface area contributed by atoms with Gasteiger partial charge in [0.2, 0.25) is 0 Å². The third kappa shape index (κ3) is 2.22. The zero-order valence-corrected chi connectivity index (χ0v) is 13.9. The monoisotopic (exact) mass is 327 g/mol. The van der Waals surface area contributed by atoms with E-state index in [1.54, 1.807) is 7.11 Å². The minimum atomic E-state index is 0.800. The van der Waals surface area contributed by atoms with Crippen molar-refractivity contribution in [3.8, 4) is 5.75 Å². The number of hydrogen-bond acceptors (Lipinski definition) is 3. The van der Waals surface area contributed by atoms with Crippen molar-refractivity contribution in [1.82, 2.24) is 9.97 Å². The molecule has 0 saturated carbocycles. The second kappa shape index (κ2) is 5.45. The second-order valence-corrected chi connectivity index (χ2v) is 6.29. The Balaban J connectivity index is 1.69. The number of nitrogens with zero attached hydrogens (tertiary/aromatic N) is 2. The first-order valence-corrected chi connectivity index (χ1v) is 8.42. The van der Waals surface area contributed by atoms with E-state index in [1.807, 2.05) is 36.5 Å². The van der Waals surface area contributed by atoms with Crippen molar-refractivity contribution in [2.24, 2.45) is 4.99 Å². The van der Waals surface area contributed by atoms with E-state index >= 15 is 0 Å². The number of benzene rings is 2. The van der Waals surface area contributed by atoms with Crippen LogP contribution in [0.3, 0.4) is 0 Å². The van der Waals surface area contributed by atoms with E-state index in [0.717, 1.165) is 52.1 Å². The molecule has 3 heterocycles. The molecule has 25 heavy (non-hydrogen) atoms. The maximum Gasteiger partial charge on any atom is 0.120 e. The van der Waals surface area contributed by atoms with Gasteiger partial charge in [0, 0.05) is 40.7 Å². The molecule has 0 fully saturated rings. The molecule has 0 saturated heterocycles. The number of methoxy groups -OCH3 is 1. The van der Waals surface area contributed by atoms with Crippen LogP contribution in [0.4, 0.5) is 0 Å². The normalized spacial score (nSPS) is 13.7. The fourth-order valence-electron chi connectivity index (χ4n) is 3.62. The van der Waals surface area contributed by atoms with Gasteiger partial charge in [-0.1, -0.05) is 18.2 Å². The summed E-state index contributed by atoms with van der Waals surface area (Å²) in [5.74, 6) is 0.858. The molecule has 1 aliphatic rings.